The molecule has 0 unspecified atom stereocenters. The molecule has 1 aliphatic carbocycles. The van der Waals surface area contributed by atoms with Crippen molar-refractivity contribution in [2.45, 2.75) is 25.8 Å². The van der Waals surface area contributed by atoms with Crippen LogP contribution in [0.15, 0.2) is 27.5 Å². The first-order valence-corrected chi connectivity index (χ1v) is 9.43. The maximum Gasteiger partial charge on any atom is 0.372 e. The van der Waals surface area contributed by atoms with Crippen molar-refractivity contribution in [3.63, 3.8) is 0 Å². The van der Waals surface area contributed by atoms with Crippen molar-refractivity contribution in [2.75, 3.05) is 0 Å². The number of nitrogens with two attached hydrogens (primary N) is 1. The number of aromatic amines is 1. The standard InChI is InChI=1S/C10H8N2O3S.C7H7BrFN.ClH/c13-8-6-4-2-1-3-5(4)16-9(6)12-7(11-8)10(14)15;8-6-1-2-7(9)5(3-6)4-10;/h1-3H2,(H,14,15)(H,11,12,13);1-3H,4,10H2;1H. The first-order valence-electron chi connectivity index (χ1n) is 7.82. The van der Waals surface area contributed by atoms with Crippen LogP contribution in [0.5, 0.6) is 0 Å². The van der Waals surface area contributed by atoms with E-state index in [1.165, 1.54) is 22.3 Å². The topological polar surface area (TPSA) is 109 Å². The second-order valence-corrected chi connectivity index (χ2v) is 7.70. The molecule has 0 spiro atoms. The molecule has 27 heavy (non-hydrogen) atoms. The number of halogens is 3. The molecule has 10 heteroatoms. The highest BCUT2D eigenvalue weighted by atomic mass is 79.9. The molecule has 6 nitrogen and oxygen atoms in total. The number of aromatic nitrogens is 2. The van der Waals surface area contributed by atoms with Crippen molar-refractivity contribution >= 4 is 55.9 Å². The van der Waals surface area contributed by atoms with Crippen LogP contribution < -0.4 is 11.3 Å². The fraction of sp³-hybridized carbons (Fsp3) is 0.235. The maximum atomic E-state index is 12.7. The maximum absolute atomic E-state index is 12.7. The van der Waals surface area contributed by atoms with Crippen LogP contribution in [0.25, 0.3) is 10.2 Å². The number of carbonyl (C=O) groups is 1. The number of carboxylic acid groups (broad SMARTS) is 1. The molecule has 2 heterocycles. The van der Waals surface area contributed by atoms with Gasteiger partial charge in [0.15, 0.2) is 0 Å². The van der Waals surface area contributed by atoms with Gasteiger partial charge in [0.05, 0.1) is 5.39 Å². The number of hydrogen-bond donors (Lipinski definition) is 3. The molecule has 0 aliphatic heterocycles. The summed E-state index contributed by atoms with van der Waals surface area (Å²) in [5.74, 6) is -1.73. The summed E-state index contributed by atoms with van der Waals surface area (Å²) < 4.78 is 13.5. The lowest BCUT2D eigenvalue weighted by Crippen LogP contribution is -2.15. The summed E-state index contributed by atoms with van der Waals surface area (Å²) in [6.07, 6.45) is 2.93. The van der Waals surface area contributed by atoms with Gasteiger partial charge in [-0.2, -0.15) is 0 Å². The number of hydrogen-bond acceptors (Lipinski definition) is 5. The Morgan fingerprint density at radius 1 is 1.41 bits per heavy atom. The highest BCUT2D eigenvalue weighted by Gasteiger charge is 2.22. The van der Waals surface area contributed by atoms with Gasteiger partial charge in [-0.15, -0.1) is 23.7 Å². The number of nitrogens with zero attached hydrogens (tertiary/aromatic N) is 1. The Morgan fingerprint density at radius 2 is 2.15 bits per heavy atom. The van der Waals surface area contributed by atoms with Crippen LogP contribution >= 0.6 is 39.7 Å². The molecule has 4 N–H and O–H groups in total. The average molecular weight is 477 g/mol. The molecular formula is C17H16BrClFN3O3S. The summed E-state index contributed by atoms with van der Waals surface area (Å²) in [5.41, 5.74) is 6.52. The van der Waals surface area contributed by atoms with E-state index in [0.29, 0.717) is 15.8 Å². The van der Waals surface area contributed by atoms with Crippen molar-refractivity contribution < 1.29 is 14.3 Å². The summed E-state index contributed by atoms with van der Waals surface area (Å²) in [4.78, 5) is 30.5. The van der Waals surface area contributed by atoms with Crippen LogP contribution in [-0.4, -0.2) is 21.0 Å². The summed E-state index contributed by atoms with van der Waals surface area (Å²) in [6, 6.07) is 4.72. The minimum atomic E-state index is -1.20. The van der Waals surface area contributed by atoms with Gasteiger partial charge < -0.3 is 15.8 Å². The van der Waals surface area contributed by atoms with Gasteiger partial charge in [-0.3, -0.25) is 4.79 Å². The Balaban J connectivity index is 0.000000208. The lowest BCUT2D eigenvalue weighted by molar-refractivity contribution is 0.0683. The Kier molecular flexibility index (Phi) is 7.10. The Hall–Kier alpha value is -1.81. The molecule has 3 aromatic rings. The molecule has 144 valence electrons. The number of rotatable bonds is 2. The molecule has 2 aromatic heterocycles. The van der Waals surface area contributed by atoms with E-state index in [9.17, 15) is 14.0 Å². The molecule has 0 radical (unpaired) electrons. The molecule has 0 fully saturated rings. The largest absolute Gasteiger partial charge is 0.475 e. The van der Waals surface area contributed by atoms with Gasteiger partial charge in [-0.05, 0) is 43.0 Å². The quantitative estimate of drug-likeness (QED) is 0.523. The predicted molar refractivity (Wildman–Crippen MR) is 108 cm³/mol. The Morgan fingerprint density at radius 3 is 2.78 bits per heavy atom. The van der Waals surface area contributed by atoms with Crippen molar-refractivity contribution in [1.82, 2.24) is 9.97 Å². The van der Waals surface area contributed by atoms with Crippen LogP contribution in [0, 0.1) is 5.82 Å². The van der Waals surface area contributed by atoms with Gasteiger partial charge in [-0.1, -0.05) is 15.9 Å². The van der Waals surface area contributed by atoms with Crippen molar-refractivity contribution in [1.29, 1.82) is 0 Å². The lowest BCUT2D eigenvalue weighted by atomic mass is 10.2. The summed E-state index contributed by atoms with van der Waals surface area (Å²) >= 11 is 4.65. The number of fused-ring (bicyclic) bond motifs is 3. The number of carboxylic acids is 1. The van der Waals surface area contributed by atoms with E-state index in [4.69, 9.17) is 10.8 Å². The van der Waals surface area contributed by atoms with Crippen LogP contribution in [0.3, 0.4) is 0 Å². The summed E-state index contributed by atoms with van der Waals surface area (Å²) in [6.45, 7) is 0.241. The lowest BCUT2D eigenvalue weighted by Gasteiger charge is -1.98. The van der Waals surface area contributed by atoms with E-state index in [1.807, 2.05) is 0 Å². The van der Waals surface area contributed by atoms with Gasteiger partial charge in [-0.25, -0.2) is 14.2 Å². The Bertz CT molecular complexity index is 1050. The van der Waals surface area contributed by atoms with E-state index >= 15 is 0 Å². The number of benzene rings is 1. The second-order valence-electron chi connectivity index (χ2n) is 5.70. The van der Waals surface area contributed by atoms with E-state index in [-0.39, 0.29) is 36.2 Å². The van der Waals surface area contributed by atoms with Gasteiger partial charge in [0.1, 0.15) is 10.6 Å². The fourth-order valence-corrected chi connectivity index (χ4v) is 4.47. The molecule has 0 atom stereocenters. The van der Waals surface area contributed by atoms with Crippen molar-refractivity contribution in [3.05, 3.63) is 60.7 Å². The third kappa shape index (κ3) is 4.55. The zero-order valence-electron chi connectivity index (χ0n) is 13.9. The first kappa shape index (κ1) is 21.5. The number of aryl methyl sites for hydroxylation is 2. The smallest absolute Gasteiger partial charge is 0.372 e. The van der Waals surface area contributed by atoms with Crippen molar-refractivity contribution in [2.24, 2.45) is 5.73 Å². The van der Waals surface area contributed by atoms with Crippen LogP contribution in [-0.2, 0) is 19.4 Å². The molecular weight excluding hydrogens is 461 g/mol. The summed E-state index contributed by atoms with van der Waals surface area (Å²) in [5, 5.41) is 9.37. The normalized spacial score (nSPS) is 12.1. The third-order valence-corrected chi connectivity index (χ3v) is 5.68. The van der Waals surface area contributed by atoms with Gasteiger partial charge >= 0.3 is 5.97 Å². The molecule has 4 rings (SSSR count). The van der Waals surface area contributed by atoms with E-state index < -0.39 is 5.97 Å². The fourth-order valence-electron chi connectivity index (χ4n) is 2.80. The Labute approximate surface area is 172 Å². The van der Waals surface area contributed by atoms with Gasteiger partial charge in [0.2, 0.25) is 5.82 Å². The predicted octanol–water partition coefficient (Wildman–Crippen LogP) is 3.64. The number of aromatic carboxylic acids is 1. The van der Waals surface area contributed by atoms with Gasteiger partial charge in [0, 0.05) is 21.5 Å². The molecule has 0 saturated carbocycles. The number of nitrogens with one attached hydrogen (secondary N) is 1. The number of H-pyrrole nitrogens is 1. The number of thiophene rings is 1. The van der Waals surface area contributed by atoms with Crippen molar-refractivity contribution in [3.8, 4) is 0 Å². The minimum Gasteiger partial charge on any atom is -0.475 e. The molecule has 1 aromatic carbocycles. The zero-order chi connectivity index (χ0) is 18.8. The van der Waals surface area contributed by atoms with Crippen LogP contribution in [0.1, 0.15) is 33.0 Å². The van der Waals surface area contributed by atoms with Crippen LogP contribution in [0.2, 0.25) is 0 Å². The second kappa shape index (κ2) is 8.92. The third-order valence-electron chi connectivity index (χ3n) is 4.01. The molecule has 0 bridgehead atoms. The van der Waals surface area contributed by atoms with E-state index in [0.717, 1.165) is 29.3 Å². The van der Waals surface area contributed by atoms with Gasteiger partial charge in [0.25, 0.3) is 5.56 Å². The highest BCUT2D eigenvalue weighted by molar-refractivity contribution is 9.10. The SMILES string of the molecule is Cl.NCc1cc(Br)ccc1F.O=C(O)c1nc2sc3c(c2c(=O)[nH]1)CCC3. The summed E-state index contributed by atoms with van der Waals surface area (Å²) in [7, 11) is 0. The molecule has 0 saturated heterocycles. The van der Waals surface area contributed by atoms with E-state index in [1.54, 1.807) is 12.1 Å². The molecule has 0 amide bonds. The van der Waals surface area contributed by atoms with E-state index in [2.05, 4.69) is 25.9 Å². The zero-order valence-corrected chi connectivity index (χ0v) is 17.1. The monoisotopic (exact) mass is 475 g/mol. The highest BCUT2D eigenvalue weighted by Crippen LogP contribution is 2.34. The minimum absolute atomic E-state index is 0. The van der Waals surface area contributed by atoms with Crippen LogP contribution in [0.4, 0.5) is 4.39 Å². The average Bonchev–Trinajstić information content (AvgIpc) is 3.18. The molecule has 1 aliphatic rings. The first-order chi connectivity index (χ1) is 12.4.